The molecule has 0 bridgehead atoms. The van der Waals surface area contributed by atoms with Gasteiger partial charge in [0.1, 0.15) is 11.6 Å². The van der Waals surface area contributed by atoms with Crippen molar-refractivity contribution in [3.8, 4) is 11.4 Å². The largest absolute Gasteiger partial charge is 0.369 e. The van der Waals surface area contributed by atoms with Crippen molar-refractivity contribution in [3.63, 3.8) is 0 Å². The Labute approximate surface area is 104 Å². The highest BCUT2D eigenvalue weighted by atomic mass is 79.9. The Kier molecular flexibility index (Phi) is 2.97. The van der Waals surface area contributed by atoms with Crippen LogP contribution in [0.3, 0.4) is 0 Å². The van der Waals surface area contributed by atoms with Crippen LogP contribution in [0.1, 0.15) is 0 Å². The molecule has 0 saturated carbocycles. The van der Waals surface area contributed by atoms with Crippen molar-refractivity contribution >= 4 is 34.1 Å². The Morgan fingerprint density at radius 2 is 2.12 bits per heavy atom. The molecule has 0 spiro atoms. The number of aromatic nitrogens is 3. The predicted molar refractivity (Wildman–Crippen MR) is 64.7 cm³/mol. The zero-order chi connectivity index (χ0) is 11.7. The van der Waals surface area contributed by atoms with Crippen molar-refractivity contribution in [2.24, 2.45) is 0 Å². The lowest BCUT2D eigenvalue weighted by atomic mass is 10.2. The van der Waals surface area contributed by atoms with Gasteiger partial charge in [0.15, 0.2) is 0 Å². The summed E-state index contributed by atoms with van der Waals surface area (Å²) in [7, 11) is 0. The average molecular weight is 301 g/mol. The number of rotatable bonds is 1. The number of aromatic amines is 1. The second kappa shape index (κ2) is 4.26. The van der Waals surface area contributed by atoms with Crippen LogP contribution in [0.4, 0.5) is 10.3 Å². The van der Waals surface area contributed by atoms with Crippen LogP contribution in [0.5, 0.6) is 0 Å². The van der Waals surface area contributed by atoms with Gasteiger partial charge >= 0.3 is 0 Å². The van der Waals surface area contributed by atoms with Crippen LogP contribution in [0.15, 0.2) is 22.7 Å². The van der Waals surface area contributed by atoms with Gasteiger partial charge in [0.25, 0.3) is 0 Å². The normalized spacial score (nSPS) is 10.4. The van der Waals surface area contributed by atoms with E-state index in [-0.39, 0.29) is 16.5 Å². The first-order valence-electron chi connectivity index (χ1n) is 4.25. The van der Waals surface area contributed by atoms with Crippen LogP contribution < -0.4 is 5.73 Å². The van der Waals surface area contributed by atoms with E-state index in [4.69, 9.17) is 18.0 Å². The molecule has 0 amide bonds. The van der Waals surface area contributed by atoms with Crippen LogP contribution >= 0.6 is 28.1 Å². The molecule has 0 fully saturated rings. The van der Waals surface area contributed by atoms with Gasteiger partial charge in [-0.1, -0.05) is 0 Å². The number of benzene rings is 1. The molecular weight excluding hydrogens is 295 g/mol. The smallest absolute Gasteiger partial charge is 0.224 e. The maximum atomic E-state index is 13.3. The van der Waals surface area contributed by atoms with Crippen molar-refractivity contribution < 1.29 is 4.39 Å². The number of hydrogen-bond donors (Lipinski definition) is 2. The van der Waals surface area contributed by atoms with Crippen LogP contribution in [0, 0.1) is 10.6 Å². The number of nitrogen functional groups attached to an aromatic ring is 1. The highest BCUT2D eigenvalue weighted by Crippen LogP contribution is 2.21. The minimum atomic E-state index is -0.381. The van der Waals surface area contributed by atoms with Crippen molar-refractivity contribution in [2.75, 3.05) is 5.73 Å². The quantitative estimate of drug-likeness (QED) is 0.795. The summed E-state index contributed by atoms with van der Waals surface area (Å²) >= 11 is 7.89. The minimum absolute atomic E-state index is 0.120. The summed E-state index contributed by atoms with van der Waals surface area (Å²) in [5.74, 6) is 0.163. The van der Waals surface area contributed by atoms with Gasteiger partial charge in [-0.15, -0.1) is 0 Å². The third kappa shape index (κ3) is 2.25. The van der Waals surface area contributed by atoms with Crippen LogP contribution in [-0.4, -0.2) is 15.0 Å². The Bertz CT molecular complexity index is 598. The fourth-order valence-electron chi connectivity index (χ4n) is 1.18. The second-order valence-corrected chi connectivity index (χ2v) is 4.21. The van der Waals surface area contributed by atoms with E-state index in [2.05, 4.69) is 30.9 Å². The van der Waals surface area contributed by atoms with Gasteiger partial charge in [-0.2, -0.15) is 4.98 Å². The summed E-state index contributed by atoms with van der Waals surface area (Å²) in [4.78, 5) is 10.4. The summed E-state index contributed by atoms with van der Waals surface area (Å²) in [5.41, 5.74) is 6.04. The number of hydrogen-bond acceptors (Lipinski definition) is 4. The van der Waals surface area contributed by atoms with Crippen molar-refractivity contribution in [1.29, 1.82) is 0 Å². The van der Waals surface area contributed by atoms with E-state index in [1.54, 1.807) is 12.1 Å². The molecule has 0 aliphatic heterocycles. The lowest BCUT2D eigenvalue weighted by Crippen LogP contribution is -1.99. The molecule has 0 unspecified atom stereocenters. The van der Waals surface area contributed by atoms with E-state index >= 15 is 0 Å². The molecule has 16 heavy (non-hydrogen) atoms. The Hall–Kier alpha value is -1.34. The van der Waals surface area contributed by atoms with Crippen molar-refractivity contribution in [1.82, 2.24) is 15.0 Å². The SMILES string of the molecule is Nc1nc(=S)nc(-c2ccc(Br)c(F)c2)[nH]1. The maximum Gasteiger partial charge on any atom is 0.224 e. The Morgan fingerprint density at radius 3 is 2.75 bits per heavy atom. The van der Waals surface area contributed by atoms with Gasteiger partial charge in [0.2, 0.25) is 10.7 Å². The molecule has 3 N–H and O–H groups in total. The molecule has 0 aliphatic rings. The molecule has 2 aromatic rings. The van der Waals surface area contributed by atoms with Crippen LogP contribution in [0.2, 0.25) is 0 Å². The maximum absolute atomic E-state index is 13.3. The van der Waals surface area contributed by atoms with E-state index in [1.807, 2.05) is 0 Å². The van der Waals surface area contributed by atoms with E-state index in [9.17, 15) is 4.39 Å². The third-order valence-electron chi connectivity index (χ3n) is 1.86. The fourth-order valence-corrected chi connectivity index (χ4v) is 1.62. The summed E-state index contributed by atoms with van der Waals surface area (Å²) in [5, 5.41) is 0. The second-order valence-electron chi connectivity index (χ2n) is 2.99. The van der Waals surface area contributed by atoms with Crippen molar-refractivity contribution in [2.45, 2.75) is 0 Å². The molecule has 2 rings (SSSR count). The van der Waals surface area contributed by atoms with E-state index in [0.29, 0.717) is 15.9 Å². The highest BCUT2D eigenvalue weighted by Gasteiger charge is 2.05. The molecule has 1 aromatic heterocycles. The summed E-state index contributed by atoms with van der Waals surface area (Å²) in [6.45, 7) is 0. The fraction of sp³-hybridized carbons (Fsp3) is 0. The molecule has 1 heterocycles. The van der Waals surface area contributed by atoms with Crippen LogP contribution in [0.25, 0.3) is 11.4 Å². The summed E-state index contributed by atoms with van der Waals surface area (Å²) in [6.07, 6.45) is 0. The van der Waals surface area contributed by atoms with E-state index in [1.165, 1.54) is 6.07 Å². The van der Waals surface area contributed by atoms with E-state index < -0.39 is 0 Å². The number of anilines is 1. The highest BCUT2D eigenvalue weighted by molar-refractivity contribution is 9.10. The number of nitrogens with one attached hydrogen (secondary N) is 1. The summed E-state index contributed by atoms with van der Waals surface area (Å²) < 4.78 is 13.8. The molecule has 1 aromatic carbocycles. The minimum Gasteiger partial charge on any atom is -0.369 e. The lowest BCUT2D eigenvalue weighted by molar-refractivity contribution is 0.621. The monoisotopic (exact) mass is 300 g/mol. The van der Waals surface area contributed by atoms with Gasteiger partial charge in [0.05, 0.1) is 4.47 Å². The molecular formula is C9H6BrFN4S. The molecule has 0 radical (unpaired) electrons. The first-order valence-corrected chi connectivity index (χ1v) is 5.45. The van der Waals surface area contributed by atoms with Gasteiger partial charge in [0, 0.05) is 5.56 Å². The summed E-state index contributed by atoms with van der Waals surface area (Å²) in [6, 6.07) is 4.61. The molecule has 82 valence electrons. The predicted octanol–water partition coefficient (Wildman–Crippen LogP) is 2.68. The van der Waals surface area contributed by atoms with Crippen molar-refractivity contribution in [3.05, 3.63) is 33.3 Å². The zero-order valence-corrected chi connectivity index (χ0v) is 10.3. The van der Waals surface area contributed by atoms with Gasteiger partial charge in [-0.05, 0) is 46.3 Å². The van der Waals surface area contributed by atoms with E-state index in [0.717, 1.165) is 0 Å². The Morgan fingerprint density at radius 1 is 1.38 bits per heavy atom. The zero-order valence-electron chi connectivity index (χ0n) is 7.87. The standard InChI is InChI=1S/C9H6BrFN4S/c10-5-2-1-4(3-6(5)11)7-13-8(12)15-9(16)14-7/h1-3H,(H3,12,13,14,15,16). The number of nitrogens with zero attached hydrogens (tertiary/aromatic N) is 2. The van der Waals surface area contributed by atoms with Gasteiger partial charge in [-0.3, -0.25) is 0 Å². The Balaban J connectivity index is 2.58. The third-order valence-corrected chi connectivity index (χ3v) is 2.69. The van der Waals surface area contributed by atoms with Gasteiger partial charge < -0.3 is 10.7 Å². The first-order chi connectivity index (χ1) is 7.56. The van der Waals surface area contributed by atoms with Crippen LogP contribution in [-0.2, 0) is 0 Å². The molecule has 0 atom stereocenters. The number of H-pyrrole nitrogens is 1. The van der Waals surface area contributed by atoms with Gasteiger partial charge in [-0.25, -0.2) is 9.37 Å². The first kappa shape index (κ1) is 11.2. The molecule has 0 aliphatic carbocycles. The average Bonchev–Trinajstić information content (AvgIpc) is 2.20. The number of nitrogens with two attached hydrogens (primary N) is 1. The topological polar surface area (TPSA) is 67.6 Å². The molecule has 7 heteroatoms. The number of halogens is 2. The molecule has 0 saturated heterocycles. The lowest BCUT2D eigenvalue weighted by Gasteiger charge is -2.02. The molecule has 4 nitrogen and oxygen atoms in total.